The fourth-order valence-corrected chi connectivity index (χ4v) is 3.67. The third kappa shape index (κ3) is 4.54. The van der Waals surface area contributed by atoms with E-state index in [9.17, 15) is 19.2 Å². The molecule has 0 unspecified atom stereocenters. The van der Waals surface area contributed by atoms with Crippen molar-refractivity contribution in [3.8, 4) is 0 Å². The van der Waals surface area contributed by atoms with Crippen molar-refractivity contribution in [3.63, 3.8) is 0 Å². The maximum Gasteiger partial charge on any atom is 0.329 e. The van der Waals surface area contributed by atoms with Crippen molar-refractivity contribution in [3.05, 3.63) is 60.2 Å². The number of carbonyl (C=O) groups excluding carboxylic acids is 4. The maximum absolute atomic E-state index is 13.5. The third-order valence-electron chi connectivity index (χ3n) is 5.26. The van der Waals surface area contributed by atoms with Crippen LogP contribution in [0.3, 0.4) is 0 Å². The smallest absolute Gasteiger partial charge is 0.329 e. The SMILES string of the molecule is COC(=O)C[C@H](C(=O)OC)[C@@H](NC(=O)c1c2ccccc2cc2ccccc12)C(=O)OC. The molecule has 2 atom stereocenters. The van der Waals surface area contributed by atoms with Crippen LogP contribution >= 0.6 is 0 Å². The lowest BCUT2D eigenvalue weighted by molar-refractivity contribution is -0.158. The summed E-state index contributed by atoms with van der Waals surface area (Å²) in [4.78, 5) is 50.3. The average Bonchev–Trinajstić information content (AvgIpc) is 2.83. The van der Waals surface area contributed by atoms with Crippen molar-refractivity contribution in [2.24, 2.45) is 5.92 Å². The Morgan fingerprint density at radius 1 is 0.781 bits per heavy atom. The van der Waals surface area contributed by atoms with E-state index >= 15 is 0 Å². The third-order valence-corrected chi connectivity index (χ3v) is 5.26. The number of methoxy groups -OCH3 is 3. The zero-order chi connectivity index (χ0) is 23.3. The van der Waals surface area contributed by atoms with Gasteiger partial charge in [-0.2, -0.15) is 0 Å². The molecule has 0 aliphatic carbocycles. The Labute approximate surface area is 184 Å². The average molecular weight is 437 g/mol. The summed E-state index contributed by atoms with van der Waals surface area (Å²) in [5.74, 6) is -4.40. The van der Waals surface area contributed by atoms with Crippen molar-refractivity contribution in [1.82, 2.24) is 5.32 Å². The van der Waals surface area contributed by atoms with E-state index in [1.54, 1.807) is 24.3 Å². The van der Waals surface area contributed by atoms with Crippen LogP contribution in [0, 0.1) is 5.92 Å². The molecule has 0 fully saturated rings. The monoisotopic (exact) mass is 437 g/mol. The second kappa shape index (κ2) is 9.91. The van der Waals surface area contributed by atoms with Gasteiger partial charge in [0.15, 0.2) is 0 Å². The quantitative estimate of drug-likeness (QED) is 0.344. The summed E-state index contributed by atoms with van der Waals surface area (Å²) in [5.41, 5.74) is 0.342. The van der Waals surface area contributed by atoms with Crippen molar-refractivity contribution < 1.29 is 33.4 Å². The fraction of sp³-hybridized carbons (Fsp3) is 0.250. The minimum Gasteiger partial charge on any atom is -0.469 e. The molecule has 0 aliphatic heterocycles. The highest BCUT2D eigenvalue weighted by atomic mass is 16.5. The number of esters is 3. The highest BCUT2D eigenvalue weighted by molar-refractivity contribution is 6.18. The molecular weight excluding hydrogens is 414 g/mol. The molecule has 1 N–H and O–H groups in total. The molecule has 0 spiro atoms. The van der Waals surface area contributed by atoms with Crippen LogP contribution in [-0.2, 0) is 28.6 Å². The molecule has 0 bridgehead atoms. The van der Waals surface area contributed by atoms with E-state index in [4.69, 9.17) is 9.47 Å². The number of nitrogens with one attached hydrogen (secondary N) is 1. The molecule has 3 aromatic carbocycles. The van der Waals surface area contributed by atoms with Gasteiger partial charge in [0.1, 0.15) is 6.04 Å². The Morgan fingerprint density at radius 3 is 1.81 bits per heavy atom. The molecule has 32 heavy (non-hydrogen) atoms. The summed E-state index contributed by atoms with van der Waals surface area (Å²) in [7, 11) is 3.41. The van der Waals surface area contributed by atoms with Crippen molar-refractivity contribution in [2.45, 2.75) is 12.5 Å². The number of hydrogen-bond acceptors (Lipinski definition) is 7. The topological polar surface area (TPSA) is 108 Å². The van der Waals surface area contributed by atoms with Gasteiger partial charge in [0.25, 0.3) is 5.91 Å². The van der Waals surface area contributed by atoms with E-state index < -0.39 is 42.2 Å². The summed E-state index contributed by atoms with van der Waals surface area (Å²) < 4.78 is 14.2. The Kier molecular flexibility index (Phi) is 7.04. The molecule has 0 aliphatic rings. The zero-order valence-corrected chi connectivity index (χ0v) is 17.9. The Bertz CT molecular complexity index is 1130. The van der Waals surface area contributed by atoms with Gasteiger partial charge in [-0.1, -0.05) is 48.5 Å². The Balaban J connectivity index is 2.10. The highest BCUT2D eigenvalue weighted by Gasteiger charge is 2.39. The summed E-state index contributed by atoms with van der Waals surface area (Å²) in [5, 5.41) is 5.62. The predicted molar refractivity (Wildman–Crippen MR) is 117 cm³/mol. The van der Waals surface area contributed by atoms with E-state index in [0.717, 1.165) is 32.1 Å². The molecule has 0 saturated carbocycles. The molecule has 3 rings (SSSR count). The number of carbonyl (C=O) groups is 4. The van der Waals surface area contributed by atoms with Gasteiger partial charge in [-0.15, -0.1) is 0 Å². The van der Waals surface area contributed by atoms with Gasteiger partial charge in [0.05, 0.1) is 39.2 Å². The molecule has 166 valence electrons. The van der Waals surface area contributed by atoms with E-state index in [-0.39, 0.29) is 0 Å². The number of hydrogen-bond donors (Lipinski definition) is 1. The normalized spacial score (nSPS) is 12.6. The van der Waals surface area contributed by atoms with E-state index in [1.165, 1.54) is 0 Å². The first-order valence-electron chi connectivity index (χ1n) is 9.85. The van der Waals surface area contributed by atoms with Gasteiger partial charge in [0, 0.05) is 0 Å². The second-order valence-electron chi connectivity index (χ2n) is 7.08. The number of amides is 1. The van der Waals surface area contributed by atoms with Crippen LogP contribution in [0.15, 0.2) is 54.6 Å². The van der Waals surface area contributed by atoms with Crippen molar-refractivity contribution >= 4 is 45.4 Å². The molecule has 3 aromatic rings. The number of benzene rings is 3. The first-order chi connectivity index (χ1) is 15.4. The molecule has 8 heteroatoms. The largest absolute Gasteiger partial charge is 0.469 e. The Hall–Kier alpha value is -3.94. The van der Waals surface area contributed by atoms with Crippen LogP contribution < -0.4 is 5.32 Å². The Morgan fingerprint density at radius 2 is 1.31 bits per heavy atom. The van der Waals surface area contributed by atoms with Crippen LogP contribution in [0.25, 0.3) is 21.5 Å². The van der Waals surface area contributed by atoms with Crippen LogP contribution in [0.1, 0.15) is 16.8 Å². The first-order valence-corrected chi connectivity index (χ1v) is 9.85. The van der Waals surface area contributed by atoms with Crippen LogP contribution in [-0.4, -0.2) is 51.2 Å². The lowest BCUT2D eigenvalue weighted by atomic mass is 9.93. The van der Waals surface area contributed by atoms with Gasteiger partial charge >= 0.3 is 17.9 Å². The standard InChI is InChI=1S/C24H23NO7/c1-30-19(26)13-18(23(28)31-2)21(24(29)32-3)25-22(27)20-16-10-6-4-8-14(16)12-15-9-5-7-11-17(15)20/h4-12,18,21H,13H2,1-3H3,(H,25,27)/t18-,21+/m0/s1. The second-order valence-corrected chi connectivity index (χ2v) is 7.08. The highest BCUT2D eigenvalue weighted by Crippen LogP contribution is 2.29. The fourth-order valence-electron chi connectivity index (χ4n) is 3.67. The molecule has 8 nitrogen and oxygen atoms in total. The van der Waals surface area contributed by atoms with Gasteiger partial charge in [-0.05, 0) is 27.6 Å². The number of rotatable bonds is 7. The van der Waals surface area contributed by atoms with Gasteiger partial charge < -0.3 is 19.5 Å². The minimum atomic E-state index is -1.46. The molecule has 0 heterocycles. The predicted octanol–water partition coefficient (Wildman–Crippen LogP) is 2.62. The summed E-state index contributed by atoms with van der Waals surface area (Å²) in [6, 6.07) is 15.2. The summed E-state index contributed by atoms with van der Waals surface area (Å²) in [6.07, 6.45) is -0.473. The van der Waals surface area contributed by atoms with Crippen LogP contribution in [0.2, 0.25) is 0 Å². The first kappa shape index (κ1) is 22.7. The van der Waals surface area contributed by atoms with Gasteiger partial charge in [0.2, 0.25) is 0 Å². The molecule has 0 aromatic heterocycles. The lowest BCUT2D eigenvalue weighted by Gasteiger charge is -2.24. The van der Waals surface area contributed by atoms with Crippen LogP contribution in [0.4, 0.5) is 0 Å². The van der Waals surface area contributed by atoms with E-state index in [1.807, 2.05) is 30.3 Å². The zero-order valence-electron chi connectivity index (χ0n) is 17.9. The molecule has 0 saturated heterocycles. The van der Waals surface area contributed by atoms with E-state index in [0.29, 0.717) is 16.3 Å². The van der Waals surface area contributed by atoms with Crippen LogP contribution in [0.5, 0.6) is 0 Å². The maximum atomic E-state index is 13.5. The minimum absolute atomic E-state index is 0.342. The molecular formula is C24H23NO7. The van der Waals surface area contributed by atoms with E-state index in [2.05, 4.69) is 10.1 Å². The summed E-state index contributed by atoms with van der Waals surface area (Å²) in [6.45, 7) is 0. The van der Waals surface area contributed by atoms with Crippen molar-refractivity contribution in [2.75, 3.05) is 21.3 Å². The van der Waals surface area contributed by atoms with Gasteiger partial charge in [-0.25, -0.2) is 4.79 Å². The number of fused-ring (bicyclic) bond motifs is 2. The molecule has 1 amide bonds. The lowest BCUT2D eigenvalue weighted by Crippen LogP contribution is -2.50. The van der Waals surface area contributed by atoms with Gasteiger partial charge in [-0.3, -0.25) is 14.4 Å². The molecule has 0 radical (unpaired) electrons. The number of ether oxygens (including phenoxy) is 3. The van der Waals surface area contributed by atoms with Crippen molar-refractivity contribution in [1.29, 1.82) is 0 Å². The summed E-state index contributed by atoms with van der Waals surface area (Å²) >= 11 is 0.